The third-order valence-corrected chi connectivity index (χ3v) is 3.51. The summed E-state index contributed by atoms with van der Waals surface area (Å²) in [5, 5.41) is 1.35. The van der Waals surface area contributed by atoms with E-state index in [0.717, 1.165) is 6.54 Å². The van der Waals surface area contributed by atoms with Crippen LogP contribution >= 0.6 is 0 Å². The molecule has 3 aromatic rings. The van der Waals surface area contributed by atoms with Gasteiger partial charge in [-0.15, -0.1) is 0 Å². The van der Waals surface area contributed by atoms with E-state index in [1.165, 1.54) is 27.6 Å². The first kappa shape index (κ1) is 11.1. The highest BCUT2D eigenvalue weighted by Crippen LogP contribution is 2.20. The van der Waals surface area contributed by atoms with Gasteiger partial charge < -0.3 is 4.57 Å². The average molecular weight is 235 g/mol. The lowest BCUT2D eigenvalue weighted by Gasteiger charge is -2.06. The molecule has 0 fully saturated rings. The minimum absolute atomic E-state index is 0.938. The van der Waals surface area contributed by atoms with Gasteiger partial charge in [0.25, 0.3) is 0 Å². The van der Waals surface area contributed by atoms with Crippen molar-refractivity contribution in [2.24, 2.45) is 0 Å². The van der Waals surface area contributed by atoms with Crippen molar-refractivity contribution in [1.29, 1.82) is 0 Å². The van der Waals surface area contributed by atoms with Crippen LogP contribution in [0, 0.1) is 13.8 Å². The molecule has 0 aliphatic heterocycles. The van der Waals surface area contributed by atoms with Crippen molar-refractivity contribution >= 4 is 10.9 Å². The number of hydrogen-bond acceptors (Lipinski definition) is 0. The van der Waals surface area contributed by atoms with Crippen LogP contribution in [-0.4, -0.2) is 4.57 Å². The third kappa shape index (κ3) is 1.92. The molecule has 0 N–H and O–H groups in total. The van der Waals surface area contributed by atoms with Crippen molar-refractivity contribution in [1.82, 2.24) is 4.57 Å². The molecule has 0 saturated carbocycles. The summed E-state index contributed by atoms with van der Waals surface area (Å²) >= 11 is 0. The summed E-state index contributed by atoms with van der Waals surface area (Å²) in [5.41, 5.74) is 5.32. The van der Waals surface area contributed by atoms with Gasteiger partial charge in [0.1, 0.15) is 0 Å². The van der Waals surface area contributed by atoms with Crippen molar-refractivity contribution in [3.05, 3.63) is 71.4 Å². The van der Waals surface area contributed by atoms with E-state index >= 15 is 0 Å². The largest absolute Gasteiger partial charge is 0.343 e. The van der Waals surface area contributed by atoms with E-state index in [1.54, 1.807) is 0 Å². The highest BCUT2D eigenvalue weighted by Gasteiger charge is 2.03. The molecule has 0 bridgehead atoms. The monoisotopic (exact) mass is 235 g/mol. The Balaban J connectivity index is 2.00. The second kappa shape index (κ2) is 4.34. The quantitative estimate of drug-likeness (QED) is 0.624. The molecule has 2 aromatic carbocycles. The molecular weight excluding hydrogens is 218 g/mol. The van der Waals surface area contributed by atoms with E-state index in [0.29, 0.717) is 0 Å². The molecule has 1 heterocycles. The Bertz CT molecular complexity index is 674. The Morgan fingerprint density at radius 2 is 1.67 bits per heavy atom. The Kier molecular flexibility index (Phi) is 2.67. The number of rotatable bonds is 2. The van der Waals surface area contributed by atoms with E-state index in [-0.39, 0.29) is 0 Å². The van der Waals surface area contributed by atoms with Crippen molar-refractivity contribution in [3.63, 3.8) is 0 Å². The van der Waals surface area contributed by atoms with Crippen LogP contribution in [0.5, 0.6) is 0 Å². The molecule has 0 unspecified atom stereocenters. The zero-order valence-electron chi connectivity index (χ0n) is 10.9. The highest BCUT2D eigenvalue weighted by atomic mass is 14.9. The summed E-state index contributed by atoms with van der Waals surface area (Å²) in [6.07, 6.45) is 2.18. The third-order valence-electron chi connectivity index (χ3n) is 3.51. The van der Waals surface area contributed by atoms with Gasteiger partial charge in [-0.05, 0) is 37.1 Å². The van der Waals surface area contributed by atoms with Gasteiger partial charge >= 0.3 is 0 Å². The summed E-state index contributed by atoms with van der Waals surface area (Å²) < 4.78 is 2.31. The van der Waals surface area contributed by atoms with Gasteiger partial charge in [0.05, 0.1) is 0 Å². The minimum atomic E-state index is 0.938. The number of aryl methyl sites for hydroxylation is 2. The summed E-state index contributed by atoms with van der Waals surface area (Å²) in [6, 6.07) is 17.4. The minimum Gasteiger partial charge on any atom is -0.343 e. The first-order chi connectivity index (χ1) is 8.74. The van der Waals surface area contributed by atoms with Crippen LogP contribution in [-0.2, 0) is 6.54 Å². The fourth-order valence-corrected chi connectivity index (χ4v) is 2.41. The van der Waals surface area contributed by atoms with Crippen LogP contribution in [0.4, 0.5) is 0 Å². The maximum atomic E-state index is 2.31. The SMILES string of the molecule is Cc1ccc(Cn2ccc3c(C)cccc32)cc1. The molecule has 1 nitrogen and oxygen atoms in total. The molecule has 18 heavy (non-hydrogen) atoms. The molecule has 90 valence electrons. The number of aromatic nitrogens is 1. The topological polar surface area (TPSA) is 4.93 Å². The zero-order valence-corrected chi connectivity index (χ0v) is 10.9. The second-order valence-electron chi connectivity index (χ2n) is 4.94. The summed E-state index contributed by atoms with van der Waals surface area (Å²) in [6.45, 7) is 5.23. The van der Waals surface area contributed by atoms with Gasteiger partial charge in [-0.2, -0.15) is 0 Å². The lowest BCUT2D eigenvalue weighted by Crippen LogP contribution is -1.97. The van der Waals surface area contributed by atoms with Crippen LogP contribution < -0.4 is 0 Å². The van der Waals surface area contributed by atoms with E-state index in [9.17, 15) is 0 Å². The first-order valence-corrected chi connectivity index (χ1v) is 6.34. The van der Waals surface area contributed by atoms with E-state index < -0.39 is 0 Å². The van der Waals surface area contributed by atoms with E-state index in [2.05, 4.69) is 73.1 Å². The van der Waals surface area contributed by atoms with Crippen molar-refractivity contribution in [2.75, 3.05) is 0 Å². The summed E-state index contributed by atoms with van der Waals surface area (Å²) in [5.74, 6) is 0. The van der Waals surface area contributed by atoms with Gasteiger partial charge in [-0.3, -0.25) is 0 Å². The predicted octanol–water partition coefficient (Wildman–Crippen LogP) is 4.31. The van der Waals surface area contributed by atoms with E-state index in [4.69, 9.17) is 0 Å². The van der Waals surface area contributed by atoms with Crippen LogP contribution in [0.3, 0.4) is 0 Å². The fraction of sp³-hybridized carbons (Fsp3) is 0.176. The number of nitrogens with zero attached hydrogens (tertiary/aromatic N) is 1. The second-order valence-corrected chi connectivity index (χ2v) is 4.94. The molecule has 0 radical (unpaired) electrons. The molecule has 0 atom stereocenters. The number of benzene rings is 2. The summed E-state index contributed by atoms with van der Waals surface area (Å²) in [4.78, 5) is 0. The van der Waals surface area contributed by atoms with Crippen LogP contribution in [0.25, 0.3) is 10.9 Å². The van der Waals surface area contributed by atoms with Crippen molar-refractivity contribution < 1.29 is 0 Å². The molecule has 0 aliphatic rings. The molecule has 1 aromatic heterocycles. The smallest absolute Gasteiger partial charge is 0.0486 e. The number of fused-ring (bicyclic) bond motifs is 1. The van der Waals surface area contributed by atoms with Gasteiger partial charge in [0.2, 0.25) is 0 Å². The molecule has 0 spiro atoms. The molecule has 1 heteroatoms. The molecule has 0 aliphatic carbocycles. The molecule has 0 saturated heterocycles. The van der Waals surface area contributed by atoms with Crippen LogP contribution in [0.15, 0.2) is 54.7 Å². The average Bonchev–Trinajstić information content (AvgIpc) is 2.77. The Hall–Kier alpha value is -2.02. The van der Waals surface area contributed by atoms with Gasteiger partial charge in [0, 0.05) is 23.6 Å². The maximum Gasteiger partial charge on any atom is 0.0486 e. The summed E-state index contributed by atoms with van der Waals surface area (Å²) in [7, 11) is 0. The van der Waals surface area contributed by atoms with Gasteiger partial charge in [-0.25, -0.2) is 0 Å². The fourth-order valence-electron chi connectivity index (χ4n) is 2.41. The molecular formula is C17H17N. The lowest BCUT2D eigenvalue weighted by atomic mass is 10.1. The predicted molar refractivity (Wildman–Crippen MR) is 77.0 cm³/mol. The van der Waals surface area contributed by atoms with Crippen molar-refractivity contribution in [2.45, 2.75) is 20.4 Å². The maximum absolute atomic E-state index is 2.31. The Labute approximate surface area is 108 Å². The molecule has 0 amide bonds. The Morgan fingerprint density at radius 3 is 2.44 bits per heavy atom. The zero-order chi connectivity index (χ0) is 12.5. The highest BCUT2D eigenvalue weighted by molar-refractivity contribution is 5.83. The number of hydrogen-bond donors (Lipinski definition) is 0. The first-order valence-electron chi connectivity index (χ1n) is 6.34. The van der Waals surface area contributed by atoms with Gasteiger partial charge in [0.15, 0.2) is 0 Å². The van der Waals surface area contributed by atoms with E-state index in [1.807, 2.05) is 0 Å². The normalized spacial score (nSPS) is 11.0. The van der Waals surface area contributed by atoms with Crippen LogP contribution in [0.1, 0.15) is 16.7 Å². The van der Waals surface area contributed by atoms with Crippen LogP contribution in [0.2, 0.25) is 0 Å². The standard InChI is InChI=1S/C17H17N/c1-13-6-8-15(9-7-13)12-18-11-10-16-14(2)4-3-5-17(16)18/h3-11H,12H2,1-2H3. The van der Waals surface area contributed by atoms with Gasteiger partial charge in [-0.1, -0.05) is 42.0 Å². The Morgan fingerprint density at radius 1 is 0.889 bits per heavy atom. The van der Waals surface area contributed by atoms with Crippen molar-refractivity contribution in [3.8, 4) is 0 Å². The lowest BCUT2D eigenvalue weighted by molar-refractivity contribution is 0.836. The molecule has 3 rings (SSSR count).